The Balaban J connectivity index is 2.89. The molecule has 64 valence electrons. The van der Waals surface area contributed by atoms with Gasteiger partial charge in [0.1, 0.15) is 10.3 Å². The molecular weight excluding hydrogens is 232 g/mol. The fourth-order valence-corrected chi connectivity index (χ4v) is 1.61. The van der Waals surface area contributed by atoms with Crippen LogP contribution in [-0.2, 0) is 0 Å². The van der Waals surface area contributed by atoms with Crippen molar-refractivity contribution in [2.45, 2.75) is 0 Å². The van der Waals surface area contributed by atoms with E-state index in [1.54, 1.807) is 6.07 Å². The quantitative estimate of drug-likeness (QED) is 0.563. The molecule has 13 heavy (non-hydrogen) atoms. The third kappa shape index (κ3) is 1.45. The molecule has 4 heteroatoms. The third-order valence-electron chi connectivity index (χ3n) is 1.76. The summed E-state index contributed by atoms with van der Waals surface area (Å²) in [6.07, 6.45) is 0. The molecule has 3 nitrogen and oxygen atoms in total. The van der Waals surface area contributed by atoms with Gasteiger partial charge in [-0.1, -0.05) is 18.2 Å². The van der Waals surface area contributed by atoms with E-state index in [-0.39, 0.29) is 0 Å². The molecule has 0 unspecified atom stereocenters. The fraction of sp³-hybridized carbons (Fsp3) is 0. The molecule has 0 fully saturated rings. The van der Waals surface area contributed by atoms with Crippen molar-refractivity contribution in [3.63, 3.8) is 0 Å². The highest BCUT2D eigenvalue weighted by atomic mass is 79.9. The van der Waals surface area contributed by atoms with Crippen LogP contribution in [0.4, 0.5) is 5.69 Å². The molecule has 0 bridgehead atoms. The van der Waals surface area contributed by atoms with E-state index < -0.39 is 0 Å². The van der Waals surface area contributed by atoms with Crippen LogP contribution in [0.2, 0.25) is 0 Å². The molecule has 1 aromatic heterocycles. The van der Waals surface area contributed by atoms with Crippen molar-refractivity contribution < 1.29 is 0 Å². The molecule has 0 radical (unpaired) electrons. The van der Waals surface area contributed by atoms with Crippen molar-refractivity contribution in [3.8, 4) is 0 Å². The maximum Gasteiger partial charge on any atom is 0.120 e. The molecule has 2 aromatic rings. The van der Waals surface area contributed by atoms with Crippen molar-refractivity contribution in [2.24, 2.45) is 5.18 Å². The molecule has 2 rings (SSSR count). The van der Waals surface area contributed by atoms with Gasteiger partial charge in [-0.25, -0.2) is 4.98 Å². The number of halogens is 1. The van der Waals surface area contributed by atoms with Crippen LogP contribution in [-0.4, -0.2) is 4.98 Å². The Kier molecular flexibility index (Phi) is 2.06. The van der Waals surface area contributed by atoms with E-state index in [2.05, 4.69) is 26.1 Å². The zero-order valence-electron chi connectivity index (χ0n) is 6.57. The predicted octanol–water partition coefficient (Wildman–Crippen LogP) is 3.40. The second-order valence-electron chi connectivity index (χ2n) is 2.57. The second kappa shape index (κ2) is 3.22. The average Bonchev–Trinajstić information content (AvgIpc) is 2.16. The lowest BCUT2D eigenvalue weighted by Crippen LogP contribution is -1.79. The molecule has 0 atom stereocenters. The first-order valence-electron chi connectivity index (χ1n) is 3.70. The minimum absolute atomic E-state index is 0.414. The summed E-state index contributed by atoms with van der Waals surface area (Å²) in [6.45, 7) is 0. The summed E-state index contributed by atoms with van der Waals surface area (Å²) in [6, 6.07) is 9.00. The summed E-state index contributed by atoms with van der Waals surface area (Å²) in [5, 5.41) is 3.72. The molecular formula is C9H5BrN2O. The topological polar surface area (TPSA) is 42.3 Å². The van der Waals surface area contributed by atoms with Crippen LogP contribution in [0.5, 0.6) is 0 Å². The minimum Gasteiger partial charge on any atom is -0.241 e. The van der Waals surface area contributed by atoms with Gasteiger partial charge in [0.25, 0.3) is 0 Å². The van der Waals surface area contributed by atoms with Gasteiger partial charge in [-0.15, -0.1) is 4.91 Å². The molecule has 1 heterocycles. The molecule has 0 saturated carbocycles. The Labute approximate surface area is 82.9 Å². The number of rotatable bonds is 1. The Hall–Kier alpha value is -1.29. The van der Waals surface area contributed by atoms with Crippen LogP contribution in [0.3, 0.4) is 0 Å². The maximum absolute atomic E-state index is 10.5. The lowest BCUT2D eigenvalue weighted by Gasteiger charge is -1.98. The molecule has 0 saturated heterocycles. The SMILES string of the molecule is O=Nc1cc(Br)nc2ccccc12. The summed E-state index contributed by atoms with van der Waals surface area (Å²) in [5.74, 6) is 0. The number of aromatic nitrogens is 1. The standard InChI is InChI=1S/C9H5BrN2O/c10-9-5-8(12-13)6-3-1-2-4-7(6)11-9/h1-5H. The molecule has 0 spiro atoms. The van der Waals surface area contributed by atoms with Crippen molar-refractivity contribution in [2.75, 3.05) is 0 Å². The number of nitrogens with zero attached hydrogens (tertiary/aromatic N) is 2. The van der Waals surface area contributed by atoms with E-state index in [1.807, 2.05) is 24.3 Å². The molecule has 0 aliphatic carbocycles. The molecule has 0 aliphatic rings. The van der Waals surface area contributed by atoms with Crippen molar-refractivity contribution in [3.05, 3.63) is 39.8 Å². The Morgan fingerprint density at radius 1 is 1.31 bits per heavy atom. The van der Waals surface area contributed by atoms with E-state index in [4.69, 9.17) is 0 Å². The minimum atomic E-state index is 0.414. The molecule has 0 N–H and O–H groups in total. The number of nitroso groups, excluding NO2 is 1. The summed E-state index contributed by atoms with van der Waals surface area (Å²) < 4.78 is 0.626. The summed E-state index contributed by atoms with van der Waals surface area (Å²) in [5.41, 5.74) is 1.18. The summed E-state index contributed by atoms with van der Waals surface area (Å²) >= 11 is 3.21. The molecule has 1 aromatic carbocycles. The normalized spacial score (nSPS) is 10.2. The number of hydrogen-bond donors (Lipinski definition) is 0. The number of para-hydroxylation sites is 1. The van der Waals surface area contributed by atoms with E-state index >= 15 is 0 Å². The second-order valence-corrected chi connectivity index (χ2v) is 3.39. The van der Waals surface area contributed by atoms with Gasteiger partial charge >= 0.3 is 0 Å². The Morgan fingerprint density at radius 3 is 2.85 bits per heavy atom. The van der Waals surface area contributed by atoms with Crippen molar-refractivity contribution >= 4 is 32.5 Å². The number of hydrogen-bond acceptors (Lipinski definition) is 3. The van der Waals surface area contributed by atoms with E-state index in [0.717, 1.165) is 10.9 Å². The van der Waals surface area contributed by atoms with E-state index in [9.17, 15) is 4.91 Å². The predicted molar refractivity (Wildman–Crippen MR) is 54.9 cm³/mol. The van der Waals surface area contributed by atoms with Gasteiger partial charge in [-0.2, -0.15) is 0 Å². The van der Waals surface area contributed by atoms with E-state index in [1.165, 1.54) is 0 Å². The van der Waals surface area contributed by atoms with Gasteiger partial charge in [0.2, 0.25) is 0 Å². The zero-order valence-corrected chi connectivity index (χ0v) is 8.15. The number of fused-ring (bicyclic) bond motifs is 1. The smallest absolute Gasteiger partial charge is 0.120 e. The van der Waals surface area contributed by atoms with Gasteiger partial charge in [-0.3, -0.25) is 0 Å². The first kappa shape index (κ1) is 8.31. The van der Waals surface area contributed by atoms with Gasteiger partial charge in [-0.05, 0) is 27.2 Å². The van der Waals surface area contributed by atoms with Crippen molar-refractivity contribution in [1.82, 2.24) is 4.98 Å². The Morgan fingerprint density at radius 2 is 2.08 bits per heavy atom. The monoisotopic (exact) mass is 236 g/mol. The summed E-state index contributed by atoms with van der Waals surface area (Å²) in [7, 11) is 0. The fourth-order valence-electron chi connectivity index (χ4n) is 1.20. The lowest BCUT2D eigenvalue weighted by atomic mass is 10.2. The third-order valence-corrected chi connectivity index (χ3v) is 2.17. The van der Waals surface area contributed by atoms with Crippen LogP contribution >= 0.6 is 15.9 Å². The van der Waals surface area contributed by atoms with Crippen LogP contribution in [0, 0.1) is 4.91 Å². The van der Waals surface area contributed by atoms with Crippen LogP contribution < -0.4 is 0 Å². The van der Waals surface area contributed by atoms with Gasteiger partial charge in [0, 0.05) is 11.5 Å². The highest BCUT2D eigenvalue weighted by Gasteiger charge is 2.03. The molecule has 0 aliphatic heterocycles. The highest BCUT2D eigenvalue weighted by Crippen LogP contribution is 2.27. The van der Waals surface area contributed by atoms with Crippen LogP contribution in [0.1, 0.15) is 0 Å². The van der Waals surface area contributed by atoms with E-state index in [0.29, 0.717) is 10.3 Å². The highest BCUT2D eigenvalue weighted by molar-refractivity contribution is 9.10. The van der Waals surface area contributed by atoms with Crippen LogP contribution in [0.25, 0.3) is 10.9 Å². The van der Waals surface area contributed by atoms with Gasteiger partial charge in [0.05, 0.1) is 5.52 Å². The Bertz CT molecular complexity index is 470. The van der Waals surface area contributed by atoms with Crippen LogP contribution in [0.15, 0.2) is 40.1 Å². The maximum atomic E-state index is 10.5. The zero-order chi connectivity index (χ0) is 9.26. The lowest BCUT2D eigenvalue weighted by molar-refractivity contribution is 1.33. The number of pyridine rings is 1. The van der Waals surface area contributed by atoms with Crippen molar-refractivity contribution in [1.29, 1.82) is 0 Å². The first-order chi connectivity index (χ1) is 6.31. The largest absolute Gasteiger partial charge is 0.241 e. The van der Waals surface area contributed by atoms with Gasteiger partial charge < -0.3 is 0 Å². The first-order valence-corrected chi connectivity index (χ1v) is 4.49. The molecule has 0 amide bonds. The number of benzene rings is 1. The average molecular weight is 237 g/mol. The van der Waals surface area contributed by atoms with Gasteiger partial charge in [0.15, 0.2) is 0 Å². The summed E-state index contributed by atoms with van der Waals surface area (Å²) in [4.78, 5) is 14.7.